The highest BCUT2D eigenvalue weighted by molar-refractivity contribution is 6.10. The van der Waals surface area contributed by atoms with Gasteiger partial charge in [0.15, 0.2) is 0 Å². The SMILES string of the molecule is [2H]c1c([2H])c([2H])c2c(c1[2H])-c1cc(-c3c(C([2H])([2H])[2H])cccc3C([2H])([2H])[2H])cc(C(C)(C)C)c1-[n+]1[c-]n(-c3cccc(Oc4ccc5c6ccccc6n(-c6cc(C(C)(C)C)ccn6)c5c4)c3)c3cc(-c4ccc5oc6ccccc6c5c4)cc(c31)-c1c([2H])c([2H])c([2H])c([2H])c1-2. The minimum Gasteiger partial charge on any atom is -0.458 e. The van der Waals surface area contributed by atoms with Crippen LogP contribution in [0.25, 0.3) is 128 Å². The molecule has 0 radical (unpaired) electrons. The number of aryl methyl sites for hydroxylation is 2. The smallest absolute Gasteiger partial charge is 0.269 e. The minimum atomic E-state index is -2.86. The number of para-hydroxylation sites is 2. The second kappa shape index (κ2) is 18.4. The van der Waals surface area contributed by atoms with E-state index in [1.165, 1.54) is 18.2 Å². The van der Waals surface area contributed by atoms with Crippen molar-refractivity contribution in [3.63, 3.8) is 0 Å². The lowest BCUT2D eigenvalue weighted by Crippen LogP contribution is -2.35. The molecule has 396 valence electrons. The van der Waals surface area contributed by atoms with E-state index in [9.17, 15) is 11.0 Å². The summed E-state index contributed by atoms with van der Waals surface area (Å²) < 4.78 is 150. The molecule has 15 rings (SSSR count). The van der Waals surface area contributed by atoms with Crippen LogP contribution in [0.15, 0.2) is 223 Å². The predicted octanol–water partition coefficient (Wildman–Crippen LogP) is 19.8. The molecular weight excluding hydrogens is 1000 g/mol. The van der Waals surface area contributed by atoms with Crippen LogP contribution >= 0.6 is 0 Å². The molecule has 6 heteroatoms. The van der Waals surface area contributed by atoms with E-state index >= 15 is 0 Å². The van der Waals surface area contributed by atoms with Gasteiger partial charge >= 0.3 is 0 Å². The zero-order chi connectivity index (χ0) is 67.7. The molecule has 0 aliphatic carbocycles. The van der Waals surface area contributed by atoms with Crippen LogP contribution in [0.2, 0.25) is 0 Å². The number of pyridine rings is 1. The average Bonchev–Trinajstić information content (AvgIpc) is 1.43. The highest BCUT2D eigenvalue weighted by Crippen LogP contribution is 2.49. The molecule has 0 saturated heterocycles. The Labute approximate surface area is 497 Å². The molecule has 0 spiro atoms. The molecule has 0 unspecified atom stereocenters. The van der Waals surface area contributed by atoms with Gasteiger partial charge in [-0.1, -0.05) is 169 Å². The monoisotopic (exact) mass is 1070 g/mol. The maximum atomic E-state index is 10.1. The number of rotatable bonds is 6. The summed E-state index contributed by atoms with van der Waals surface area (Å²) in [4.78, 5) is 4.89. The largest absolute Gasteiger partial charge is 0.458 e. The number of ether oxygens (including phenoxy) is 1. The van der Waals surface area contributed by atoms with E-state index in [2.05, 4.69) is 49.9 Å². The van der Waals surface area contributed by atoms with Crippen LogP contribution in [-0.4, -0.2) is 14.1 Å². The molecule has 4 aromatic heterocycles. The van der Waals surface area contributed by atoms with Crippen molar-refractivity contribution in [2.45, 2.75) is 66.1 Å². The van der Waals surface area contributed by atoms with E-state index < -0.39 is 67.5 Å². The number of furan rings is 1. The summed E-state index contributed by atoms with van der Waals surface area (Å²) in [5.41, 5.74) is 5.46. The molecule has 5 heterocycles. The standard InChI is InChI=1S/C76H60N4O2/c1-46-19-17-20-47(2)72(46)50-39-63-57-25-11-9-23-55(57)56-24-10-12-26-58(56)64-38-49(48-31-34-70-62(37-48)61-28-14-16-30-69(61)82-70)41-68-74(64)79(73(63)65(40-50)76(6,7)8)45-78(68)52-21-18-22-53(43-52)81-54-32-33-60-59-27-13-15-29-66(59)80(67(60)44-54)71-42-51(35-36-77-71)75(3,4)5/h9-44H,1-8H3/i1D3,2D3,9D,10D,11D,12D,23D,24D,25D,26D. The van der Waals surface area contributed by atoms with Gasteiger partial charge in [0.2, 0.25) is 0 Å². The maximum Gasteiger partial charge on any atom is 0.269 e. The molecule has 0 N–H and O–H groups in total. The summed E-state index contributed by atoms with van der Waals surface area (Å²) >= 11 is 0. The van der Waals surface area contributed by atoms with Crippen molar-refractivity contribution in [1.29, 1.82) is 0 Å². The highest BCUT2D eigenvalue weighted by atomic mass is 16.5. The van der Waals surface area contributed by atoms with Crippen molar-refractivity contribution >= 4 is 54.8 Å². The van der Waals surface area contributed by atoms with Gasteiger partial charge in [-0.25, -0.2) is 4.98 Å². The lowest BCUT2D eigenvalue weighted by Gasteiger charge is -2.28. The van der Waals surface area contributed by atoms with E-state index in [4.69, 9.17) is 22.4 Å². The topological polar surface area (TPSA) is 49.0 Å². The van der Waals surface area contributed by atoms with Crippen molar-refractivity contribution in [3.05, 3.63) is 247 Å². The Morgan fingerprint density at radius 2 is 1.20 bits per heavy atom. The van der Waals surface area contributed by atoms with Crippen molar-refractivity contribution in [3.8, 4) is 84.3 Å². The Balaban J connectivity index is 1.07. The zero-order valence-corrected chi connectivity index (χ0v) is 45.8. The second-order valence-electron chi connectivity index (χ2n) is 23.2. The molecule has 1 aliphatic heterocycles. The number of aromatic nitrogens is 4. The molecule has 14 aromatic rings. The quantitative estimate of drug-likeness (QED) is 0.123. The van der Waals surface area contributed by atoms with E-state index in [1.54, 1.807) is 16.7 Å². The lowest BCUT2D eigenvalue weighted by molar-refractivity contribution is -0.572. The van der Waals surface area contributed by atoms with E-state index in [1.807, 2.05) is 147 Å². The molecule has 10 aromatic carbocycles. The van der Waals surface area contributed by atoms with Crippen molar-refractivity contribution in [2.75, 3.05) is 0 Å². The molecule has 1 aliphatic rings. The van der Waals surface area contributed by atoms with Crippen LogP contribution in [0.1, 0.15) is 83.0 Å². The summed E-state index contributed by atoms with van der Waals surface area (Å²) in [5, 5.41) is 3.71. The number of fused-ring (bicyclic) bond motifs is 13. The zero-order valence-electron chi connectivity index (χ0n) is 59.8. The number of imidazole rings is 1. The molecule has 0 saturated carbocycles. The first-order valence-electron chi connectivity index (χ1n) is 34.3. The summed E-state index contributed by atoms with van der Waals surface area (Å²) in [6.07, 6.45) is 5.55. The molecule has 0 fully saturated rings. The maximum absolute atomic E-state index is 10.1. The van der Waals surface area contributed by atoms with Gasteiger partial charge in [0.25, 0.3) is 6.33 Å². The van der Waals surface area contributed by atoms with Crippen LogP contribution in [-0.2, 0) is 10.8 Å². The van der Waals surface area contributed by atoms with Crippen molar-refractivity contribution in [2.24, 2.45) is 0 Å². The second-order valence-corrected chi connectivity index (χ2v) is 23.2. The molecule has 82 heavy (non-hydrogen) atoms. The third-order valence-electron chi connectivity index (χ3n) is 15.9. The highest BCUT2D eigenvalue weighted by Gasteiger charge is 2.31. The van der Waals surface area contributed by atoms with Crippen molar-refractivity contribution < 1.29 is 32.9 Å². The fourth-order valence-corrected chi connectivity index (χ4v) is 12.0. The van der Waals surface area contributed by atoms with Crippen LogP contribution in [0.5, 0.6) is 11.5 Å². The van der Waals surface area contributed by atoms with Crippen LogP contribution in [0.4, 0.5) is 0 Å². The van der Waals surface area contributed by atoms with Gasteiger partial charge in [0.1, 0.15) is 28.5 Å². The predicted molar refractivity (Wildman–Crippen MR) is 337 cm³/mol. The van der Waals surface area contributed by atoms with Gasteiger partial charge in [-0.05, 0) is 181 Å². The third kappa shape index (κ3) is 7.91. The number of benzene rings is 10. The van der Waals surface area contributed by atoms with Gasteiger partial charge in [0.05, 0.1) is 44.4 Å². The molecule has 0 atom stereocenters. The first-order valence-corrected chi connectivity index (χ1v) is 27.3. The van der Waals surface area contributed by atoms with E-state index in [-0.39, 0.29) is 66.7 Å². The summed E-state index contributed by atoms with van der Waals surface area (Å²) in [6.45, 7) is 6.55. The first-order chi connectivity index (χ1) is 45.5. The Kier molecular flexibility index (Phi) is 8.18. The summed E-state index contributed by atoms with van der Waals surface area (Å²) in [7, 11) is 0. The first kappa shape index (κ1) is 36.5. The van der Waals surface area contributed by atoms with Crippen LogP contribution < -0.4 is 9.30 Å². The summed E-state index contributed by atoms with van der Waals surface area (Å²) in [5.74, 6) is 1.71. The van der Waals surface area contributed by atoms with Gasteiger partial charge in [-0.15, -0.1) is 0 Å². The number of hydrogen-bond donors (Lipinski definition) is 0. The average molecular weight is 1080 g/mol. The normalized spacial score (nSPS) is 15.1. The Hall–Kier alpha value is -9.78. The van der Waals surface area contributed by atoms with Crippen LogP contribution in [0, 0.1) is 20.0 Å². The van der Waals surface area contributed by atoms with Gasteiger partial charge in [-0.2, -0.15) is 0 Å². The lowest BCUT2D eigenvalue weighted by atomic mass is 9.79. The van der Waals surface area contributed by atoms with E-state index in [0.717, 1.165) is 44.0 Å². The third-order valence-corrected chi connectivity index (χ3v) is 15.9. The van der Waals surface area contributed by atoms with Gasteiger partial charge in [-0.3, -0.25) is 13.7 Å². The van der Waals surface area contributed by atoms with Gasteiger partial charge in [0, 0.05) is 42.0 Å². The van der Waals surface area contributed by atoms with E-state index in [0.29, 0.717) is 56.1 Å². The Morgan fingerprint density at radius 1 is 0.524 bits per heavy atom. The molecule has 6 nitrogen and oxygen atoms in total. The fraction of sp³-hybridized carbons (Fsp3) is 0.132. The Morgan fingerprint density at radius 3 is 1.95 bits per heavy atom. The molecular formula is C76H60N4O2. The van der Waals surface area contributed by atoms with Crippen molar-refractivity contribution in [1.82, 2.24) is 14.1 Å². The molecule has 0 amide bonds. The number of hydrogen-bond acceptors (Lipinski definition) is 3. The fourth-order valence-electron chi connectivity index (χ4n) is 12.0. The van der Waals surface area contributed by atoms with Crippen LogP contribution in [0.3, 0.4) is 0 Å². The number of nitrogens with zero attached hydrogens (tertiary/aromatic N) is 4. The minimum absolute atomic E-state index is 0.0642. The molecule has 0 bridgehead atoms. The Bertz CT molecular complexity index is 5650. The van der Waals surface area contributed by atoms with Gasteiger partial charge < -0.3 is 9.15 Å². The summed E-state index contributed by atoms with van der Waals surface area (Å²) in [6, 6.07) is 45.5.